The van der Waals surface area contributed by atoms with Crippen molar-refractivity contribution in [2.75, 3.05) is 18.6 Å². The molecule has 7 atom stereocenters. The largest absolute Gasteiger partial charge is 0.462 e. The van der Waals surface area contributed by atoms with Gasteiger partial charge < -0.3 is 44.1 Å². The molecule has 0 bridgehead atoms. The normalized spacial score (nSPS) is 28.4. The highest BCUT2D eigenvalue weighted by atomic mass is 32.5. The van der Waals surface area contributed by atoms with Gasteiger partial charge in [-0.15, -0.1) is 6.42 Å². The number of nitrogens with one attached hydrogen (secondary N) is 2. The zero-order valence-electron chi connectivity index (χ0n) is 22.2. The molecule has 220 valence electrons. The van der Waals surface area contributed by atoms with Crippen molar-refractivity contribution in [1.29, 1.82) is 0 Å². The molecule has 3 rings (SSSR count). The number of aliphatic hydroxyl groups is 3. The molecular formula is C25H34N3O9PS2. The molecule has 1 aromatic carbocycles. The van der Waals surface area contributed by atoms with Crippen LogP contribution in [0.25, 0.3) is 0 Å². The zero-order chi connectivity index (χ0) is 29.5. The van der Waals surface area contributed by atoms with Crippen LogP contribution in [0.2, 0.25) is 0 Å². The lowest BCUT2D eigenvalue weighted by Gasteiger charge is -2.38. The van der Waals surface area contributed by atoms with E-state index < -0.39 is 61.6 Å². The van der Waals surface area contributed by atoms with E-state index >= 15 is 0 Å². The van der Waals surface area contributed by atoms with E-state index in [2.05, 4.69) is 16.3 Å². The summed E-state index contributed by atoms with van der Waals surface area (Å²) in [6.45, 7) is -0.462. The van der Waals surface area contributed by atoms with Crippen LogP contribution in [0.3, 0.4) is 0 Å². The molecule has 0 radical (unpaired) electrons. The van der Waals surface area contributed by atoms with Crippen LogP contribution in [0.1, 0.15) is 20.3 Å². The quantitative estimate of drug-likeness (QED) is 0.120. The summed E-state index contributed by atoms with van der Waals surface area (Å²) in [5, 5.41) is 37.6. The first-order valence-electron chi connectivity index (χ1n) is 12.4. The minimum Gasteiger partial charge on any atom is -0.462 e. The Hall–Kier alpha value is -2.18. The van der Waals surface area contributed by atoms with Crippen molar-refractivity contribution in [3.8, 4) is 18.1 Å². The van der Waals surface area contributed by atoms with Crippen LogP contribution in [0, 0.1) is 12.3 Å². The molecule has 0 aromatic heterocycles. The summed E-state index contributed by atoms with van der Waals surface area (Å²) in [6.07, 6.45) is 3.82. The van der Waals surface area contributed by atoms with E-state index in [1.807, 2.05) is 6.26 Å². The van der Waals surface area contributed by atoms with Gasteiger partial charge in [-0.1, -0.05) is 24.1 Å². The first kappa shape index (κ1) is 32.3. The number of nitrogens with zero attached hydrogens (tertiary/aromatic N) is 1. The van der Waals surface area contributed by atoms with E-state index in [1.165, 1.54) is 18.0 Å². The standard InChI is InChI=1S/C25H34N3O9PS2/c1-5-25(33)21(30)19(36-23(25)28-13-11-20(29)26-24(28)32)15-34-38(39,37-17-9-7-6-8-10-17)27-18(12-14-40-4)22(31)35-16(2)3/h1,6-11,13,16,18-19,21,23-24,30,32-33H,12,14-15H2,2-4H3,(H,26,29)(H,27,39)/t18?,19-,21-,23-,24?,25-,38?/m1/s1. The Balaban J connectivity index is 1.84. The topological polar surface area (TPSA) is 159 Å². The molecule has 0 aliphatic carbocycles. The second kappa shape index (κ2) is 14.1. The minimum atomic E-state index is -3.52. The van der Waals surface area contributed by atoms with Gasteiger partial charge in [0.15, 0.2) is 11.8 Å². The molecule has 2 aliphatic heterocycles. The van der Waals surface area contributed by atoms with Crippen molar-refractivity contribution in [3.63, 3.8) is 0 Å². The number of benzene rings is 1. The Labute approximate surface area is 242 Å². The summed E-state index contributed by atoms with van der Waals surface area (Å²) in [5.74, 6) is 2.03. The van der Waals surface area contributed by atoms with Crippen molar-refractivity contribution >= 4 is 42.1 Å². The molecule has 1 saturated heterocycles. The Morgan fingerprint density at radius 2 is 2.08 bits per heavy atom. The van der Waals surface area contributed by atoms with Gasteiger partial charge in [0.2, 0.25) is 12.3 Å². The van der Waals surface area contributed by atoms with E-state index in [-0.39, 0.29) is 6.10 Å². The van der Waals surface area contributed by atoms with Crippen LogP contribution in [-0.4, -0.2) is 93.2 Å². The molecule has 0 saturated carbocycles. The highest BCUT2D eigenvalue weighted by Gasteiger charge is 2.58. The fraction of sp³-hybridized carbons (Fsp3) is 0.520. The van der Waals surface area contributed by atoms with Crippen LogP contribution < -0.4 is 14.9 Å². The van der Waals surface area contributed by atoms with Gasteiger partial charge in [0.05, 0.1) is 12.7 Å². The number of amides is 1. The number of carbonyl (C=O) groups is 2. The third-order valence-corrected chi connectivity index (χ3v) is 8.94. The number of hydrogen-bond donors (Lipinski definition) is 5. The summed E-state index contributed by atoms with van der Waals surface area (Å²) in [7, 11) is 0. The van der Waals surface area contributed by atoms with Gasteiger partial charge in [-0.2, -0.15) is 11.8 Å². The SMILES string of the molecule is C#C[C@@]1(O)[C@H](O)[C@@H](COP(=S)(NC(CCSC)C(=O)OC(C)C)Oc2ccccc2)O[C@H]1N1C=CC(=O)NC1O. The van der Waals surface area contributed by atoms with Gasteiger partial charge in [-0.05, 0) is 56.2 Å². The fourth-order valence-electron chi connectivity index (χ4n) is 3.91. The van der Waals surface area contributed by atoms with Gasteiger partial charge in [0, 0.05) is 12.3 Å². The fourth-order valence-corrected chi connectivity index (χ4v) is 6.74. The number of thioether (sulfide) groups is 1. The lowest BCUT2D eigenvalue weighted by atomic mass is 9.94. The van der Waals surface area contributed by atoms with E-state index in [0.717, 1.165) is 11.0 Å². The molecule has 1 aromatic rings. The van der Waals surface area contributed by atoms with Crippen LogP contribution >= 0.6 is 18.4 Å². The van der Waals surface area contributed by atoms with E-state index in [9.17, 15) is 24.9 Å². The number of para-hydroxylation sites is 1. The van der Waals surface area contributed by atoms with Crippen LogP contribution in [0.4, 0.5) is 0 Å². The van der Waals surface area contributed by atoms with Crippen molar-refractivity contribution in [2.45, 2.75) is 62.8 Å². The van der Waals surface area contributed by atoms with Crippen LogP contribution in [-0.2, 0) is 35.4 Å². The highest BCUT2D eigenvalue weighted by Crippen LogP contribution is 2.47. The van der Waals surface area contributed by atoms with Crippen molar-refractivity contribution in [3.05, 3.63) is 42.6 Å². The molecule has 0 spiro atoms. The zero-order valence-corrected chi connectivity index (χ0v) is 24.7. The lowest BCUT2D eigenvalue weighted by molar-refractivity contribution is -0.164. The second-order valence-corrected chi connectivity index (χ2v) is 13.4. The molecule has 3 unspecified atom stereocenters. The third kappa shape index (κ3) is 7.97. The van der Waals surface area contributed by atoms with Crippen molar-refractivity contribution in [1.82, 2.24) is 15.3 Å². The molecule has 12 nitrogen and oxygen atoms in total. The predicted octanol–water partition coefficient (Wildman–Crippen LogP) is 0.641. The number of ether oxygens (including phenoxy) is 2. The average Bonchev–Trinajstić information content (AvgIpc) is 3.15. The molecule has 15 heteroatoms. The van der Waals surface area contributed by atoms with E-state index in [1.54, 1.807) is 44.2 Å². The van der Waals surface area contributed by atoms with Crippen molar-refractivity contribution in [2.24, 2.45) is 0 Å². The summed E-state index contributed by atoms with van der Waals surface area (Å²) in [4.78, 5) is 25.5. The van der Waals surface area contributed by atoms with Gasteiger partial charge >= 0.3 is 12.6 Å². The Morgan fingerprint density at radius 1 is 1.38 bits per heavy atom. The highest BCUT2D eigenvalue weighted by molar-refractivity contribution is 8.09. The van der Waals surface area contributed by atoms with Gasteiger partial charge in [-0.25, -0.2) is 5.09 Å². The summed E-state index contributed by atoms with van der Waals surface area (Å²) in [6, 6.07) is 7.76. The smallest absolute Gasteiger partial charge is 0.323 e. The lowest BCUT2D eigenvalue weighted by Crippen LogP contribution is -2.60. The maximum Gasteiger partial charge on any atom is 0.323 e. The number of hydrogen-bond acceptors (Lipinski definition) is 12. The molecule has 40 heavy (non-hydrogen) atoms. The Bertz CT molecular complexity index is 1150. The van der Waals surface area contributed by atoms with Gasteiger partial charge in [0.25, 0.3) is 0 Å². The monoisotopic (exact) mass is 615 g/mol. The number of carbonyl (C=O) groups excluding carboxylic acids is 2. The summed E-state index contributed by atoms with van der Waals surface area (Å²) < 4.78 is 23.3. The number of esters is 1. The third-order valence-electron chi connectivity index (χ3n) is 5.88. The van der Waals surface area contributed by atoms with Crippen molar-refractivity contribution < 1.29 is 43.4 Å². The average molecular weight is 616 g/mol. The maximum absolute atomic E-state index is 12.9. The van der Waals surface area contributed by atoms with E-state index in [4.69, 9.17) is 36.8 Å². The molecular weight excluding hydrogens is 581 g/mol. The summed E-state index contributed by atoms with van der Waals surface area (Å²) >= 11 is 7.32. The molecule has 2 heterocycles. The van der Waals surface area contributed by atoms with E-state index in [0.29, 0.717) is 17.9 Å². The van der Waals surface area contributed by atoms with Gasteiger partial charge in [-0.3, -0.25) is 9.59 Å². The predicted molar refractivity (Wildman–Crippen MR) is 152 cm³/mol. The summed E-state index contributed by atoms with van der Waals surface area (Å²) in [5.41, 5.74) is -2.29. The molecule has 1 amide bonds. The number of rotatable bonds is 13. The minimum absolute atomic E-state index is 0.357. The Kier molecular flexibility index (Phi) is 11.4. The maximum atomic E-state index is 12.9. The van der Waals surface area contributed by atoms with Crippen LogP contribution in [0.15, 0.2) is 42.6 Å². The molecule has 5 N–H and O–H groups in total. The first-order chi connectivity index (χ1) is 18.9. The first-order valence-corrected chi connectivity index (χ1v) is 16.4. The van der Waals surface area contributed by atoms with Crippen LogP contribution in [0.5, 0.6) is 5.75 Å². The number of terminal acetylenes is 1. The van der Waals surface area contributed by atoms with Gasteiger partial charge in [0.1, 0.15) is 24.0 Å². The Morgan fingerprint density at radius 3 is 2.67 bits per heavy atom. The molecule has 2 aliphatic rings. The second-order valence-electron chi connectivity index (χ2n) is 9.23. The number of aliphatic hydroxyl groups excluding tert-OH is 2. The molecule has 1 fully saturated rings.